The molecule has 2 heterocycles. The van der Waals surface area contributed by atoms with Crippen molar-refractivity contribution in [3.05, 3.63) is 30.1 Å². The van der Waals surface area contributed by atoms with E-state index in [0.717, 1.165) is 30.5 Å². The van der Waals surface area contributed by atoms with E-state index < -0.39 is 0 Å². The number of imide groups is 1. The van der Waals surface area contributed by atoms with Gasteiger partial charge in [-0.3, -0.25) is 14.6 Å². The fourth-order valence-corrected chi connectivity index (χ4v) is 2.96. The lowest BCUT2D eigenvalue weighted by Gasteiger charge is -2.12. The fourth-order valence-electron chi connectivity index (χ4n) is 1.77. The Morgan fingerprint density at radius 1 is 1.32 bits per heavy atom. The van der Waals surface area contributed by atoms with Crippen molar-refractivity contribution in [1.82, 2.24) is 9.29 Å². The van der Waals surface area contributed by atoms with Crippen LogP contribution >= 0.6 is 24.2 Å². The Morgan fingerprint density at radius 3 is 2.68 bits per heavy atom. The summed E-state index contributed by atoms with van der Waals surface area (Å²) < 4.78 is 1.88. The van der Waals surface area contributed by atoms with E-state index in [1.165, 1.54) is 4.31 Å². The second-order valence-electron chi connectivity index (χ2n) is 4.22. The maximum Gasteiger partial charge on any atom is 0.240 e. The van der Waals surface area contributed by atoms with Crippen LogP contribution in [0.2, 0.25) is 0 Å². The fraction of sp³-hybridized carbons (Fsp3) is 0.385. The summed E-state index contributed by atoms with van der Waals surface area (Å²) in [5.41, 5.74) is 1.03. The van der Waals surface area contributed by atoms with Crippen molar-refractivity contribution >= 4 is 40.2 Å². The van der Waals surface area contributed by atoms with E-state index in [4.69, 9.17) is 12.2 Å². The standard InChI is InChI=1S/C13H14N2O2S2/c16-11-7-8-12(17)15(11)19-13(18)6-3-5-10-4-1-2-9-14-10/h1-2,4,9H,3,5-8H2. The van der Waals surface area contributed by atoms with Crippen LogP contribution in [-0.2, 0) is 16.0 Å². The molecule has 100 valence electrons. The predicted molar refractivity (Wildman–Crippen MR) is 78.5 cm³/mol. The molecule has 4 nitrogen and oxygen atoms in total. The van der Waals surface area contributed by atoms with Crippen LogP contribution in [0.5, 0.6) is 0 Å². The molecule has 0 saturated carbocycles. The Morgan fingerprint density at radius 2 is 2.05 bits per heavy atom. The number of aromatic nitrogens is 1. The largest absolute Gasteiger partial charge is 0.273 e. The van der Waals surface area contributed by atoms with Gasteiger partial charge in [0.15, 0.2) is 0 Å². The van der Waals surface area contributed by atoms with Gasteiger partial charge in [-0.1, -0.05) is 18.3 Å². The average molecular weight is 294 g/mol. The first kappa shape index (κ1) is 14.1. The van der Waals surface area contributed by atoms with E-state index in [2.05, 4.69) is 4.98 Å². The van der Waals surface area contributed by atoms with Crippen LogP contribution in [0.4, 0.5) is 0 Å². The SMILES string of the molecule is O=C1CCC(=O)N1SC(=S)CCCc1ccccn1. The molecule has 0 N–H and O–H groups in total. The van der Waals surface area contributed by atoms with E-state index in [-0.39, 0.29) is 11.8 Å². The molecule has 1 aliphatic rings. The highest BCUT2D eigenvalue weighted by molar-refractivity contribution is 8.22. The lowest BCUT2D eigenvalue weighted by atomic mass is 10.2. The molecule has 0 atom stereocenters. The highest BCUT2D eigenvalue weighted by Crippen LogP contribution is 2.24. The van der Waals surface area contributed by atoms with Crippen LogP contribution in [0.15, 0.2) is 24.4 Å². The molecule has 0 aliphatic carbocycles. The molecule has 19 heavy (non-hydrogen) atoms. The molecule has 0 bridgehead atoms. The van der Waals surface area contributed by atoms with Gasteiger partial charge >= 0.3 is 0 Å². The number of hydrogen-bond donors (Lipinski definition) is 0. The summed E-state index contributed by atoms with van der Waals surface area (Å²) in [5.74, 6) is -0.274. The summed E-state index contributed by atoms with van der Waals surface area (Å²) in [5, 5.41) is 0. The van der Waals surface area contributed by atoms with E-state index >= 15 is 0 Å². The zero-order valence-corrected chi connectivity index (χ0v) is 12.0. The highest BCUT2D eigenvalue weighted by Gasteiger charge is 2.30. The molecule has 1 aliphatic heterocycles. The van der Waals surface area contributed by atoms with Crippen LogP contribution in [0.25, 0.3) is 0 Å². The Labute approximate surface area is 121 Å². The number of nitrogens with zero attached hydrogens (tertiary/aromatic N) is 2. The third kappa shape index (κ3) is 4.11. The molecule has 6 heteroatoms. The lowest BCUT2D eigenvalue weighted by Crippen LogP contribution is -2.22. The third-order valence-corrected chi connectivity index (χ3v) is 4.16. The van der Waals surface area contributed by atoms with Crippen molar-refractivity contribution in [2.75, 3.05) is 0 Å². The van der Waals surface area contributed by atoms with Gasteiger partial charge in [0.1, 0.15) is 0 Å². The minimum atomic E-state index is -0.137. The highest BCUT2D eigenvalue weighted by atomic mass is 32.2. The lowest BCUT2D eigenvalue weighted by molar-refractivity contribution is -0.131. The first-order valence-electron chi connectivity index (χ1n) is 6.13. The van der Waals surface area contributed by atoms with E-state index in [9.17, 15) is 9.59 Å². The van der Waals surface area contributed by atoms with Gasteiger partial charge in [0, 0.05) is 36.7 Å². The van der Waals surface area contributed by atoms with Crippen LogP contribution in [0.3, 0.4) is 0 Å². The molecular formula is C13H14N2O2S2. The molecule has 1 aromatic rings. The number of pyridine rings is 1. The van der Waals surface area contributed by atoms with Crippen LogP contribution in [-0.4, -0.2) is 25.3 Å². The molecular weight excluding hydrogens is 280 g/mol. The molecule has 0 aromatic carbocycles. The number of carbonyl (C=O) groups excluding carboxylic acids is 2. The van der Waals surface area contributed by atoms with Crippen molar-refractivity contribution in [3.63, 3.8) is 0 Å². The first-order chi connectivity index (χ1) is 9.16. The van der Waals surface area contributed by atoms with Crippen molar-refractivity contribution in [1.29, 1.82) is 0 Å². The van der Waals surface area contributed by atoms with Gasteiger partial charge in [-0.25, -0.2) is 4.31 Å². The summed E-state index contributed by atoms with van der Waals surface area (Å²) in [7, 11) is 0. The topological polar surface area (TPSA) is 50.3 Å². The zero-order chi connectivity index (χ0) is 13.7. The van der Waals surface area contributed by atoms with Crippen molar-refractivity contribution in [3.8, 4) is 0 Å². The van der Waals surface area contributed by atoms with Gasteiger partial charge in [-0.2, -0.15) is 0 Å². The van der Waals surface area contributed by atoms with Crippen LogP contribution < -0.4 is 0 Å². The van der Waals surface area contributed by atoms with E-state index in [0.29, 0.717) is 23.5 Å². The smallest absolute Gasteiger partial charge is 0.240 e. The summed E-state index contributed by atoms with van der Waals surface area (Å²) >= 11 is 6.31. The average Bonchev–Trinajstić information content (AvgIpc) is 2.72. The van der Waals surface area contributed by atoms with Crippen molar-refractivity contribution in [2.24, 2.45) is 0 Å². The number of amides is 2. The summed E-state index contributed by atoms with van der Waals surface area (Å²) in [4.78, 5) is 27.1. The Hall–Kier alpha value is -1.27. The van der Waals surface area contributed by atoms with Gasteiger partial charge in [-0.15, -0.1) is 0 Å². The van der Waals surface area contributed by atoms with Crippen molar-refractivity contribution < 1.29 is 9.59 Å². The number of rotatable bonds is 5. The summed E-state index contributed by atoms with van der Waals surface area (Å²) in [6, 6.07) is 5.81. The molecule has 0 spiro atoms. The van der Waals surface area contributed by atoms with Crippen LogP contribution in [0, 0.1) is 0 Å². The van der Waals surface area contributed by atoms with Crippen LogP contribution in [0.1, 0.15) is 31.4 Å². The maximum absolute atomic E-state index is 11.4. The number of thiocarbonyl (C=S) groups is 1. The van der Waals surface area contributed by atoms with Gasteiger partial charge < -0.3 is 0 Å². The molecule has 2 rings (SSSR count). The quantitative estimate of drug-likeness (QED) is 0.474. The second-order valence-corrected chi connectivity index (χ2v) is 6.01. The van der Waals surface area contributed by atoms with Gasteiger partial charge in [0.25, 0.3) is 0 Å². The number of carbonyl (C=O) groups is 2. The monoisotopic (exact) mass is 294 g/mol. The second kappa shape index (κ2) is 6.77. The molecule has 1 aromatic heterocycles. The third-order valence-electron chi connectivity index (χ3n) is 2.74. The van der Waals surface area contributed by atoms with Gasteiger partial charge in [0.05, 0.1) is 4.20 Å². The van der Waals surface area contributed by atoms with Gasteiger partial charge in [0.2, 0.25) is 11.8 Å². The molecule has 0 radical (unpaired) electrons. The molecule has 0 unspecified atom stereocenters. The zero-order valence-electron chi connectivity index (χ0n) is 10.4. The maximum atomic E-state index is 11.4. The predicted octanol–water partition coefficient (Wildman–Crippen LogP) is 2.53. The summed E-state index contributed by atoms with van der Waals surface area (Å²) in [6.07, 6.45) is 4.81. The van der Waals surface area contributed by atoms with E-state index in [1.54, 1.807) is 6.20 Å². The van der Waals surface area contributed by atoms with Crippen molar-refractivity contribution in [2.45, 2.75) is 32.1 Å². The molecule has 2 amide bonds. The first-order valence-corrected chi connectivity index (χ1v) is 7.31. The molecule has 1 fully saturated rings. The Bertz CT molecular complexity index is 475. The Balaban J connectivity index is 1.73. The Kier molecular flexibility index (Phi) is 5.04. The number of hydrogen-bond acceptors (Lipinski definition) is 5. The van der Waals surface area contributed by atoms with E-state index in [1.807, 2.05) is 18.2 Å². The minimum absolute atomic E-state index is 0.137. The normalized spacial score (nSPS) is 15.1. The van der Waals surface area contributed by atoms with Gasteiger partial charge in [-0.05, 0) is 31.4 Å². The molecule has 1 saturated heterocycles. The summed E-state index contributed by atoms with van der Waals surface area (Å²) in [6.45, 7) is 0. The minimum Gasteiger partial charge on any atom is -0.273 e. The number of aryl methyl sites for hydroxylation is 1.